The molecular formula is C18H25N7O2. The lowest BCUT2D eigenvalue weighted by Gasteiger charge is -2.34. The quantitative estimate of drug-likeness (QED) is 0.664. The summed E-state index contributed by atoms with van der Waals surface area (Å²) in [5, 5.41) is 14.9. The van der Waals surface area contributed by atoms with Gasteiger partial charge in [0.05, 0.1) is 0 Å². The Bertz CT molecular complexity index is 763. The van der Waals surface area contributed by atoms with Gasteiger partial charge in [0.25, 0.3) is 0 Å². The van der Waals surface area contributed by atoms with Crippen LogP contribution in [0.3, 0.4) is 0 Å². The molecule has 0 unspecified atom stereocenters. The summed E-state index contributed by atoms with van der Waals surface area (Å²) >= 11 is 0. The van der Waals surface area contributed by atoms with Crippen LogP contribution < -0.4 is 15.5 Å². The third kappa shape index (κ3) is 5.60. The van der Waals surface area contributed by atoms with Crippen LogP contribution >= 0.6 is 0 Å². The minimum absolute atomic E-state index is 0.118. The van der Waals surface area contributed by atoms with E-state index < -0.39 is 0 Å². The molecule has 27 heavy (non-hydrogen) atoms. The van der Waals surface area contributed by atoms with Gasteiger partial charge in [-0.3, -0.25) is 9.69 Å². The van der Waals surface area contributed by atoms with E-state index in [9.17, 15) is 4.79 Å². The van der Waals surface area contributed by atoms with Crippen molar-refractivity contribution in [2.45, 2.75) is 13.3 Å². The number of benzene rings is 1. The van der Waals surface area contributed by atoms with Gasteiger partial charge in [0.1, 0.15) is 6.33 Å². The van der Waals surface area contributed by atoms with Crippen molar-refractivity contribution in [1.82, 2.24) is 19.9 Å². The van der Waals surface area contributed by atoms with Crippen LogP contribution in [-0.2, 0) is 4.79 Å². The number of aliphatic hydroxyl groups excluding tert-OH is 1. The molecule has 3 N–H and O–H groups in total. The lowest BCUT2D eigenvalue weighted by Crippen LogP contribution is -2.47. The zero-order valence-electron chi connectivity index (χ0n) is 15.4. The Morgan fingerprint density at radius 1 is 1.19 bits per heavy atom. The first kappa shape index (κ1) is 19.0. The molecule has 0 spiro atoms. The van der Waals surface area contributed by atoms with Crippen LogP contribution in [0.25, 0.3) is 0 Å². The van der Waals surface area contributed by atoms with E-state index in [2.05, 4.69) is 35.4 Å². The molecule has 2 aromatic rings. The number of hydrogen-bond donors (Lipinski definition) is 3. The van der Waals surface area contributed by atoms with E-state index in [0.717, 1.165) is 44.8 Å². The highest BCUT2D eigenvalue weighted by Gasteiger charge is 2.19. The van der Waals surface area contributed by atoms with Gasteiger partial charge in [0.15, 0.2) is 0 Å². The van der Waals surface area contributed by atoms with Crippen LogP contribution in [0.4, 0.5) is 23.3 Å². The molecule has 2 heterocycles. The minimum atomic E-state index is -0.118. The number of aliphatic hydroxyl groups is 1. The maximum absolute atomic E-state index is 11.2. The predicted molar refractivity (Wildman–Crippen MR) is 104 cm³/mol. The van der Waals surface area contributed by atoms with Gasteiger partial charge in [-0.2, -0.15) is 4.98 Å². The maximum atomic E-state index is 11.2. The number of amides is 1. The molecule has 0 atom stereocenters. The molecule has 144 valence electrons. The number of anilines is 4. The lowest BCUT2D eigenvalue weighted by molar-refractivity contribution is -0.114. The Morgan fingerprint density at radius 3 is 2.70 bits per heavy atom. The Labute approximate surface area is 158 Å². The van der Waals surface area contributed by atoms with Gasteiger partial charge in [0, 0.05) is 57.6 Å². The number of rotatable bonds is 7. The fourth-order valence-electron chi connectivity index (χ4n) is 2.97. The van der Waals surface area contributed by atoms with E-state index in [1.807, 2.05) is 24.3 Å². The van der Waals surface area contributed by atoms with Crippen molar-refractivity contribution in [2.24, 2.45) is 0 Å². The topological polar surface area (TPSA) is 107 Å². The lowest BCUT2D eigenvalue weighted by atomic mass is 10.3. The Hall–Kier alpha value is -2.78. The molecule has 9 nitrogen and oxygen atoms in total. The van der Waals surface area contributed by atoms with Crippen LogP contribution in [0.5, 0.6) is 0 Å². The largest absolute Gasteiger partial charge is 0.396 e. The molecule has 1 aliphatic rings. The van der Waals surface area contributed by atoms with E-state index in [-0.39, 0.29) is 12.5 Å². The van der Waals surface area contributed by atoms with Crippen LogP contribution in [0.2, 0.25) is 0 Å². The van der Waals surface area contributed by atoms with Gasteiger partial charge in [-0.25, -0.2) is 9.97 Å². The van der Waals surface area contributed by atoms with Crippen molar-refractivity contribution < 1.29 is 9.90 Å². The Balaban J connectivity index is 1.62. The third-order valence-electron chi connectivity index (χ3n) is 4.29. The Morgan fingerprint density at radius 2 is 1.96 bits per heavy atom. The number of nitrogens with zero attached hydrogens (tertiary/aromatic N) is 5. The molecule has 9 heteroatoms. The van der Waals surface area contributed by atoms with Crippen molar-refractivity contribution in [3.63, 3.8) is 0 Å². The molecule has 3 rings (SSSR count). The summed E-state index contributed by atoms with van der Waals surface area (Å²) < 4.78 is 0. The molecule has 0 saturated carbocycles. The number of hydrogen-bond acceptors (Lipinski definition) is 8. The van der Waals surface area contributed by atoms with E-state index in [1.54, 1.807) is 0 Å². The van der Waals surface area contributed by atoms with E-state index in [0.29, 0.717) is 17.6 Å². The van der Waals surface area contributed by atoms with E-state index in [1.165, 1.54) is 13.3 Å². The predicted octanol–water partition coefficient (Wildman–Crippen LogP) is 1.08. The first-order valence-electron chi connectivity index (χ1n) is 9.06. The molecule has 0 radical (unpaired) electrons. The number of nitrogens with one attached hydrogen (secondary N) is 2. The van der Waals surface area contributed by atoms with Gasteiger partial charge in [-0.15, -0.1) is 0 Å². The van der Waals surface area contributed by atoms with Crippen LogP contribution in [0, 0.1) is 0 Å². The molecule has 0 bridgehead atoms. The summed E-state index contributed by atoms with van der Waals surface area (Å²) in [6.07, 6.45) is 2.30. The van der Waals surface area contributed by atoms with Crippen LogP contribution in [-0.4, -0.2) is 70.2 Å². The summed E-state index contributed by atoms with van der Waals surface area (Å²) in [4.78, 5) is 28.7. The zero-order valence-corrected chi connectivity index (χ0v) is 15.4. The van der Waals surface area contributed by atoms with E-state index >= 15 is 0 Å². The molecule has 1 fully saturated rings. The summed E-state index contributed by atoms with van der Waals surface area (Å²) in [6, 6.07) is 7.38. The monoisotopic (exact) mass is 371 g/mol. The first-order valence-corrected chi connectivity index (χ1v) is 9.06. The smallest absolute Gasteiger partial charge is 0.231 e. The molecule has 0 aliphatic carbocycles. The maximum Gasteiger partial charge on any atom is 0.231 e. The molecule has 1 saturated heterocycles. The summed E-state index contributed by atoms with van der Waals surface area (Å²) in [7, 11) is 0. The van der Waals surface area contributed by atoms with Crippen molar-refractivity contribution in [3.05, 3.63) is 30.6 Å². The van der Waals surface area contributed by atoms with Gasteiger partial charge in [-0.05, 0) is 24.6 Å². The van der Waals surface area contributed by atoms with Crippen molar-refractivity contribution in [3.8, 4) is 0 Å². The number of carbonyl (C=O) groups excluding carboxylic acids is 1. The van der Waals surface area contributed by atoms with Gasteiger partial charge >= 0.3 is 0 Å². The Kier molecular flexibility index (Phi) is 6.50. The summed E-state index contributed by atoms with van der Waals surface area (Å²) in [5.74, 6) is 0.989. The highest BCUT2D eigenvalue weighted by atomic mass is 16.3. The SMILES string of the molecule is CC(=O)Nc1cccc(Nc2ncnc(N3CCN(CCCO)CC3)n2)c1. The molecule has 1 aromatic heterocycles. The van der Waals surface area contributed by atoms with Crippen molar-refractivity contribution in [1.29, 1.82) is 0 Å². The molecule has 1 aromatic carbocycles. The average Bonchev–Trinajstić information content (AvgIpc) is 2.67. The van der Waals surface area contributed by atoms with E-state index in [4.69, 9.17) is 5.11 Å². The first-order chi connectivity index (χ1) is 13.1. The van der Waals surface area contributed by atoms with Gasteiger partial charge in [0.2, 0.25) is 17.8 Å². The van der Waals surface area contributed by atoms with Crippen LogP contribution in [0.1, 0.15) is 13.3 Å². The highest BCUT2D eigenvalue weighted by Crippen LogP contribution is 2.19. The van der Waals surface area contributed by atoms with Crippen LogP contribution in [0.15, 0.2) is 30.6 Å². The standard InChI is InChI=1S/C18H25N7O2/c1-14(27)21-15-4-2-5-16(12-15)22-17-19-13-20-18(23-17)25-9-7-24(8-10-25)6-3-11-26/h2,4-5,12-13,26H,3,6-11H2,1H3,(H,21,27)(H,19,20,22,23). The molecular weight excluding hydrogens is 346 g/mol. The fraction of sp³-hybridized carbons (Fsp3) is 0.444. The molecule has 1 aliphatic heterocycles. The summed E-state index contributed by atoms with van der Waals surface area (Å²) in [5.41, 5.74) is 1.49. The second-order valence-electron chi connectivity index (χ2n) is 6.40. The third-order valence-corrected chi connectivity index (χ3v) is 4.29. The zero-order chi connectivity index (χ0) is 19.1. The van der Waals surface area contributed by atoms with Crippen molar-refractivity contribution in [2.75, 3.05) is 54.9 Å². The van der Waals surface area contributed by atoms with Crippen molar-refractivity contribution >= 4 is 29.2 Å². The fourth-order valence-corrected chi connectivity index (χ4v) is 2.97. The number of aromatic nitrogens is 3. The number of piperazine rings is 1. The summed E-state index contributed by atoms with van der Waals surface area (Å²) in [6.45, 7) is 6.15. The normalized spacial score (nSPS) is 14.8. The second kappa shape index (κ2) is 9.24. The van der Waals surface area contributed by atoms with Gasteiger partial charge < -0.3 is 20.6 Å². The van der Waals surface area contributed by atoms with Gasteiger partial charge in [-0.1, -0.05) is 6.07 Å². The highest BCUT2D eigenvalue weighted by molar-refractivity contribution is 5.89. The average molecular weight is 371 g/mol. The number of carbonyl (C=O) groups is 1. The molecule has 1 amide bonds. The minimum Gasteiger partial charge on any atom is -0.396 e. The second-order valence-corrected chi connectivity index (χ2v) is 6.40.